The van der Waals surface area contributed by atoms with Gasteiger partial charge in [-0.15, -0.1) is 0 Å². The molecule has 1 saturated carbocycles. The van der Waals surface area contributed by atoms with Gasteiger partial charge in [0, 0.05) is 24.3 Å². The van der Waals surface area contributed by atoms with E-state index in [2.05, 4.69) is 35.6 Å². The highest BCUT2D eigenvalue weighted by molar-refractivity contribution is 5.60. The second-order valence-corrected chi connectivity index (χ2v) is 6.76. The lowest BCUT2D eigenvalue weighted by atomic mass is 10.0. The number of rotatable bonds is 1. The lowest BCUT2D eigenvalue weighted by molar-refractivity contribution is -0.168. The van der Waals surface area contributed by atoms with Gasteiger partial charge in [-0.2, -0.15) is 13.2 Å². The highest BCUT2D eigenvalue weighted by Gasteiger charge is 2.62. The SMILES string of the molecule is CC(C)N1CCCCc2c(C#CC3(C(F)(F)F)CC3)cncc21. The molecule has 0 aromatic carbocycles. The topological polar surface area (TPSA) is 16.1 Å². The minimum absolute atomic E-state index is 0.115. The van der Waals surface area contributed by atoms with Crippen LogP contribution in [-0.4, -0.2) is 23.7 Å². The van der Waals surface area contributed by atoms with Gasteiger partial charge < -0.3 is 4.90 Å². The number of anilines is 1. The van der Waals surface area contributed by atoms with Crippen LogP contribution in [0.15, 0.2) is 12.4 Å². The molecule has 23 heavy (non-hydrogen) atoms. The van der Waals surface area contributed by atoms with Crippen molar-refractivity contribution >= 4 is 5.69 Å². The van der Waals surface area contributed by atoms with Gasteiger partial charge in [-0.1, -0.05) is 11.8 Å². The van der Waals surface area contributed by atoms with E-state index in [0.29, 0.717) is 11.6 Å². The molecule has 0 N–H and O–H groups in total. The van der Waals surface area contributed by atoms with Gasteiger partial charge in [-0.25, -0.2) is 0 Å². The van der Waals surface area contributed by atoms with Crippen LogP contribution in [0.3, 0.4) is 0 Å². The highest BCUT2D eigenvalue weighted by Crippen LogP contribution is 2.57. The number of nitrogens with zero attached hydrogens (tertiary/aromatic N) is 2. The molecule has 0 saturated heterocycles. The summed E-state index contributed by atoms with van der Waals surface area (Å²) in [5.41, 5.74) is 0.960. The maximum Gasteiger partial charge on any atom is 0.405 e. The fraction of sp³-hybridized carbons (Fsp3) is 0.611. The Hall–Kier alpha value is -1.70. The molecule has 1 aliphatic carbocycles. The molecule has 2 aliphatic rings. The maximum absolute atomic E-state index is 13.0. The summed E-state index contributed by atoms with van der Waals surface area (Å²) in [4.78, 5) is 6.51. The summed E-state index contributed by atoms with van der Waals surface area (Å²) in [6, 6.07) is 0.335. The Bertz CT molecular complexity index is 648. The van der Waals surface area contributed by atoms with Crippen LogP contribution in [0.1, 0.15) is 50.7 Å². The Balaban J connectivity index is 1.99. The summed E-state index contributed by atoms with van der Waals surface area (Å²) in [6.07, 6.45) is 2.39. The zero-order chi connectivity index (χ0) is 16.7. The van der Waals surface area contributed by atoms with Gasteiger partial charge in [0.2, 0.25) is 0 Å². The van der Waals surface area contributed by atoms with Crippen LogP contribution >= 0.6 is 0 Å². The Labute approximate surface area is 135 Å². The van der Waals surface area contributed by atoms with Gasteiger partial charge >= 0.3 is 6.18 Å². The molecule has 2 nitrogen and oxygen atoms in total. The predicted octanol–water partition coefficient (Wildman–Crippen LogP) is 4.33. The van der Waals surface area contributed by atoms with Crippen LogP contribution in [0, 0.1) is 17.3 Å². The summed E-state index contributed by atoms with van der Waals surface area (Å²) in [5.74, 6) is 5.32. The number of fused-ring (bicyclic) bond motifs is 1. The molecule has 1 aromatic rings. The second kappa shape index (κ2) is 5.74. The largest absolute Gasteiger partial charge is 0.405 e. The number of hydrogen-bond donors (Lipinski definition) is 0. The maximum atomic E-state index is 13.0. The summed E-state index contributed by atoms with van der Waals surface area (Å²) in [7, 11) is 0. The Morgan fingerprint density at radius 1 is 1.22 bits per heavy atom. The molecule has 1 aliphatic heterocycles. The van der Waals surface area contributed by atoms with Crippen molar-refractivity contribution in [2.24, 2.45) is 5.41 Å². The van der Waals surface area contributed by atoms with E-state index in [-0.39, 0.29) is 12.8 Å². The van der Waals surface area contributed by atoms with Gasteiger partial charge in [-0.05, 0) is 51.5 Å². The van der Waals surface area contributed by atoms with Crippen molar-refractivity contribution < 1.29 is 13.2 Å². The minimum atomic E-state index is -4.23. The Morgan fingerprint density at radius 2 is 1.96 bits per heavy atom. The molecule has 5 heteroatoms. The molecule has 1 fully saturated rings. The number of halogens is 3. The summed E-state index contributed by atoms with van der Waals surface area (Å²) < 4.78 is 39.1. The first kappa shape index (κ1) is 16.2. The van der Waals surface area contributed by atoms with Gasteiger partial charge in [-0.3, -0.25) is 4.98 Å². The van der Waals surface area contributed by atoms with E-state index >= 15 is 0 Å². The normalized spacial score (nSPS) is 19.7. The van der Waals surface area contributed by atoms with Crippen LogP contribution in [0.2, 0.25) is 0 Å². The first-order valence-electron chi connectivity index (χ1n) is 8.17. The van der Waals surface area contributed by atoms with Crippen LogP contribution < -0.4 is 4.90 Å². The summed E-state index contributed by atoms with van der Waals surface area (Å²) >= 11 is 0. The van der Waals surface area contributed by atoms with Crippen LogP contribution in [0.25, 0.3) is 0 Å². The third kappa shape index (κ3) is 3.04. The van der Waals surface area contributed by atoms with Crippen molar-refractivity contribution in [3.8, 4) is 11.8 Å². The standard InChI is InChI=1S/C18H21F3N2/c1-13(2)23-10-4-3-5-15-14(11-22-12-16(15)23)6-7-17(8-9-17)18(19,20)21/h11-13H,3-5,8-10H2,1-2H3. The fourth-order valence-electron chi connectivity index (χ4n) is 3.13. The number of pyridine rings is 1. The summed E-state index contributed by atoms with van der Waals surface area (Å²) in [6.45, 7) is 5.20. The van der Waals surface area contributed by atoms with E-state index < -0.39 is 11.6 Å². The number of alkyl halides is 3. The monoisotopic (exact) mass is 322 g/mol. The van der Waals surface area contributed by atoms with Crippen molar-refractivity contribution in [3.05, 3.63) is 23.5 Å². The molecule has 0 atom stereocenters. The second-order valence-electron chi connectivity index (χ2n) is 6.76. The van der Waals surface area contributed by atoms with E-state index in [4.69, 9.17) is 0 Å². The molecule has 0 radical (unpaired) electrons. The van der Waals surface area contributed by atoms with Crippen molar-refractivity contribution in [2.75, 3.05) is 11.4 Å². The molecule has 3 rings (SSSR count). The van der Waals surface area contributed by atoms with E-state index in [1.54, 1.807) is 6.20 Å². The van der Waals surface area contributed by atoms with Crippen molar-refractivity contribution in [1.29, 1.82) is 0 Å². The Morgan fingerprint density at radius 3 is 2.57 bits per heavy atom. The molecule has 1 aromatic heterocycles. The molecular weight excluding hydrogens is 301 g/mol. The average Bonchev–Trinajstić information content (AvgIpc) is 3.28. The van der Waals surface area contributed by atoms with Gasteiger partial charge in [0.05, 0.1) is 11.9 Å². The molecule has 0 bridgehead atoms. The quantitative estimate of drug-likeness (QED) is 0.716. The molecule has 0 unspecified atom stereocenters. The number of aromatic nitrogens is 1. The van der Waals surface area contributed by atoms with Crippen molar-refractivity contribution in [1.82, 2.24) is 4.98 Å². The fourth-order valence-corrected chi connectivity index (χ4v) is 3.13. The lowest BCUT2D eigenvalue weighted by Gasteiger charge is -2.29. The van der Waals surface area contributed by atoms with E-state index in [1.165, 1.54) is 0 Å². The third-order valence-electron chi connectivity index (χ3n) is 4.77. The summed E-state index contributed by atoms with van der Waals surface area (Å²) in [5, 5.41) is 0. The van der Waals surface area contributed by atoms with E-state index in [0.717, 1.165) is 37.1 Å². The Kier molecular flexibility index (Phi) is 4.03. The highest BCUT2D eigenvalue weighted by atomic mass is 19.4. The van der Waals surface area contributed by atoms with Crippen molar-refractivity contribution in [3.63, 3.8) is 0 Å². The molecular formula is C18H21F3N2. The zero-order valence-corrected chi connectivity index (χ0v) is 13.5. The van der Waals surface area contributed by atoms with Gasteiger partial charge in [0.25, 0.3) is 0 Å². The average molecular weight is 322 g/mol. The van der Waals surface area contributed by atoms with Crippen LogP contribution in [0.5, 0.6) is 0 Å². The van der Waals surface area contributed by atoms with E-state index in [1.807, 2.05) is 6.20 Å². The molecule has 124 valence electrons. The molecule has 0 amide bonds. The minimum Gasteiger partial charge on any atom is -0.368 e. The first-order chi connectivity index (χ1) is 10.8. The number of hydrogen-bond acceptors (Lipinski definition) is 2. The van der Waals surface area contributed by atoms with Gasteiger partial charge in [0.15, 0.2) is 0 Å². The molecule has 2 heterocycles. The predicted molar refractivity (Wildman–Crippen MR) is 84.3 cm³/mol. The zero-order valence-electron chi connectivity index (χ0n) is 13.5. The van der Waals surface area contributed by atoms with E-state index in [9.17, 15) is 13.2 Å². The smallest absolute Gasteiger partial charge is 0.368 e. The van der Waals surface area contributed by atoms with Crippen molar-refractivity contribution in [2.45, 2.75) is 58.2 Å². The van der Waals surface area contributed by atoms with Gasteiger partial charge in [0.1, 0.15) is 5.41 Å². The third-order valence-corrected chi connectivity index (χ3v) is 4.77. The molecule has 0 spiro atoms. The van der Waals surface area contributed by atoms with Crippen LogP contribution in [0.4, 0.5) is 18.9 Å². The van der Waals surface area contributed by atoms with Crippen LogP contribution in [-0.2, 0) is 6.42 Å². The first-order valence-corrected chi connectivity index (χ1v) is 8.17. The lowest BCUT2D eigenvalue weighted by Crippen LogP contribution is -2.31.